The Morgan fingerprint density at radius 1 is 1.10 bits per heavy atom. The Bertz CT molecular complexity index is 999. The van der Waals surface area contributed by atoms with Crippen LogP contribution in [0.25, 0.3) is 6.08 Å². The summed E-state index contributed by atoms with van der Waals surface area (Å²) < 4.78 is 20.1. The lowest BCUT2D eigenvalue weighted by atomic mass is 10.1. The highest BCUT2D eigenvalue weighted by molar-refractivity contribution is 9.11. The maximum Gasteiger partial charge on any atom is 0.335 e. The normalized spacial score (nSPS) is 15.7. The molecule has 3 rings (SSSR count). The number of benzene rings is 2. The number of nitrogens with one attached hydrogen (secondary N) is 1. The Kier molecular flexibility index (Phi) is 6.49. The van der Waals surface area contributed by atoms with Gasteiger partial charge in [0.2, 0.25) is 0 Å². The second kappa shape index (κ2) is 8.87. The number of urea groups is 1. The van der Waals surface area contributed by atoms with E-state index in [4.69, 9.17) is 4.74 Å². The number of imide groups is 2. The number of hydrogen-bond donors (Lipinski definition) is 1. The number of hydrogen-bond acceptors (Lipinski definition) is 4. The van der Waals surface area contributed by atoms with Gasteiger partial charge in [-0.05, 0) is 86.3 Å². The van der Waals surface area contributed by atoms with Gasteiger partial charge in [-0.1, -0.05) is 6.92 Å². The van der Waals surface area contributed by atoms with Crippen molar-refractivity contribution in [2.24, 2.45) is 0 Å². The van der Waals surface area contributed by atoms with Crippen LogP contribution < -0.4 is 15.0 Å². The largest absolute Gasteiger partial charge is 0.491 e. The average molecular weight is 526 g/mol. The Morgan fingerprint density at radius 2 is 1.72 bits per heavy atom. The fraction of sp³-hybridized carbons (Fsp3) is 0.150. The second-order valence-corrected chi connectivity index (χ2v) is 7.81. The Labute approximate surface area is 183 Å². The highest BCUT2D eigenvalue weighted by Gasteiger charge is 2.36. The van der Waals surface area contributed by atoms with Crippen molar-refractivity contribution >= 4 is 61.5 Å². The number of nitrogens with zero attached hydrogens (tertiary/aromatic N) is 1. The van der Waals surface area contributed by atoms with Gasteiger partial charge in [-0.25, -0.2) is 14.1 Å². The SMILES string of the molecule is CCCOc1c(Br)cc(/C=C2\C(=O)NC(=O)N(c3ccc(F)cc3)C2=O)cc1Br. The van der Waals surface area contributed by atoms with Crippen molar-refractivity contribution in [1.29, 1.82) is 0 Å². The van der Waals surface area contributed by atoms with Crippen LogP contribution in [0.1, 0.15) is 18.9 Å². The van der Waals surface area contributed by atoms with E-state index >= 15 is 0 Å². The van der Waals surface area contributed by atoms with Gasteiger partial charge in [0, 0.05) is 0 Å². The molecule has 29 heavy (non-hydrogen) atoms. The topological polar surface area (TPSA) is 75.7 Å². The van der Waals surface area contributed by atoms with Crippen LogP contribution in [0.5, 0.6) is 5.75 Å². The molecule has 150 valence electrons. The lowest BCUT2D eigenvalue weighted by molar-refractivity contribution is -0.122. The lowest BCUT2D eigenvalue weighted by Gasteiger charge is -2.26. The Hall–Kier alpha value is -2.52. The van der Waals surface area contributed by atoms with Gasteiger partial charge < -0.3 is 4.74 Å². The first-order valence-corrected chi connectivity index (χ1v) is 10.2. The van der Waals surface area contributed by atoms with E-state index in [0.717, 1.165) is 23.5 Å². The van der Waals surface area contributed by atoms with Crippen molar-refractivity contribution in [3.05, 3.63) is 62.3 Å². The molecule has 1 heterocycles. The molecule has 0 unspecified atom stereocenters. The van der Waals surface area contributed by atoms with Crippen molar-refractivity contribution in [1.82, 2.24) is 5.32 Å². The van der Waals surface area contributed by atoms with E-state index in [0.29, 0.717) is 26.9 Å². The summed E-state index contributed by atoms with van der Waals surface area (Å²) in [4.78, 5) is 38.1. The molecule has 2 aromatic carbocycles. The minimum atomic E-state index is -0.894. The van der Waals surface area contributed by atoms with Crippen molar-refractivity contribution in [3.63, 3.8) is 0 Å². The molecule has 2 aromatic rings. The van der Waals surface area contributed by atoms with E-state index in [1.807, 2.05) is 6.92 Å². The summed E-state index contributed by atoms with van der Waals surface area (Å²) in [6, 6.07) is 7.32. The van der Waals surface area contributed by atoms with E-state index in [9.17, 15) is 18.8 Å². The van der Waals surface area contributed by atoms with Gasteiger partial charge in [0.1, 0.15) is 17.1 Å². The molecule has 1 aliphatic rings. The van der Waals surface area contributed by atoms with Crippen molar-refractivity contribution in [2.75, 3.05) is 11.5 Å². The maximum atomic E-state index is 13.2. The number of carbonyl (C=O) groups is 3. The molecule has 1 fully saturated rings. The van der Waals surface area contributed by atoms with Crippen LogP contribution in [-0.4, -0.2) is 24.5 Å². The first-order chi connectivity index (χ1) is 13.8. The fourth-order valence-corrected chi connectivity index (χ4v) is 4.10. The highest BCUT2D eigenvalue weighted by atomic mass is 79.9. The van der Waals surface area contributed by atoms with Crippen molar-refractivity contribution < 1.29 is 23.5 Å². The van der Waals surface area contributed by atoms with Crippen LogP contribution in [0, 0.1) is 5.82 Å². The summed E-state index contributed by atoms with van der Waals surface area (Å²) in [7, 11) is 0. The number of rotatable bonds is 5. The predicted octanol–water partition coefficient (Wildman–Crippen LogP) is 4.81. The minimum Gasteiger partial charge on any atom is -0.491 e. The standard InChI is InChI=1S/C20H15Br2FN2O4/c1-2-7-29-17-15(21)9-11(10-16(17)22)8-14-18(26)24-20(28)25(19(14)27)13-5-3-12(23)4-6-13/h3-6,8-10H,2,7H2,1H3,(H,24,26,28)/b14-8+. The van der Waals surface area contributed by atoms with E-state index in [2.05, 4.69) is 37.2 Å². The van der Waals surface area contributed by atoms with Crippen molar-refractivity contribution in [3.8, 4) is 5.75 Å². The smallest absolute Gasteiger partial charge is 0.335 e. The Morgan fingerprint density at radius 3 is 2.31 bits per heavy atom. The number of ether oxygens (including phenoxy) is 1. The molecule has 6 nitrogen and oxygen atoms in total. The summed E-state index contributed by atoms with van der Waals surface area (Å²) in [6.07, 6.45) is 2.21. The van der Waals surface area contributed by atoms with Crippen LogP contribution in [0.15, 0.2) is 50.9 Å². The lowest BCUT2D eigenvalue weighted by Crippen LogP contribution is -2.54. The van der Waals surface area contributed by atoms with Crippen LogP contribution in [-0.2, 0) is 9.59 Å². The molecule has 0 radical (unpaired) electrons. The zero-order valence-corrected chi connectivity index (χ0v) is 18.3. The third-order valence-electron chi connectivity index (χ3n) is 3.97. The highest BCUT2D eigenvalue weighted by Crippen LogP contribution is 2.36. The summed E-state index contributed by atoms with van der Waals surface area (Å²) in [6.45, 7) is 2.52. The van der Waals surface area contributed by atoms with Crippen LogP contribution in [0.4, 0.5) is 14.9 Å². The molecule has 0 aliphatic carbocycles. The summed E-state index contributed by atoms with van der Waals surface area (Å²) >= 11 is 6.84. The zero-order valence-electron chi connectivity index (χ0n) is 15.2. The van der Waals surface area contributed by atoms with Crippen LogP contribution in [0.2, 0.25) is 0 Å². The van der Waals surface area contributed by atoms with E-state index in [1.54, 1.807) is 12.1 Å². The molecule has 0 bridgehead atoms. The Balaban J connectivity index is 1.97. The molecule has 0 aromatic heterocycles. The number of carbonyl (C=O) groups excluding carboxylic acids is 3. The fourth-order valence-electron chi connectivity index (χ4n) is 2.65. The molecule has 0 atom stereocenters. The number of halogens is 3. The van der Waals surface area contributed by atoms with Crippen LogP contribution >= 0.6 is 31.9 Å². The predicted molar refractivity (Wildman–Crippen MR) is 113 cm³/mol. The number of amides is 4. The molecule has 1 saturated heterocycles. The second-order valence-electron chi connectivity index (χ2n) is 6.10. The summed E-state index contributed by atoms with van der Waals surface area (Å²) in [5.41, 5.74) is 0.465. The van der Waals surface area contributed by atoms with Crippen molar-refractivity contribution in [2.45, 2.75) is 13.3 Å². The molecular weight excluding hydrogens is 511 g/mol. The van der Waals surface area contributed by atoms with Gasteiger partial charge in [-0.3, -0.25) is 14.9 Å². The maximum absolute atomic E-state index is 13.2. The molecule has 1 aliphatic heterocycles. The molecule has 1 N–H and O–H groups in total. The van der Waals surface area contributed by atoms with E-state index in [-0.39, 0.29) is 11.3 Å². The summed E-state index contributed by atoms with van der Waals surface area (Å²) in [5, 5.41) is 2.13. The third kappa shape index (κ3) is 4.56. The molecule has 0 saturated carbocycles. The number of barbiturate groups is 1. The molecular formula is C20H15Br2FN2O4. The molecule has 4 amide bonds. The van der Waals surface area contributed by atoms with Crippen LogP contribution in [0.3, 0.4) is 0 Å². The van der Waals surface area contributed by atoms with Gasteiger partial charge in [-0.2, -0.15) is 0 Å². The van der Waals surface area contributed by atoms with E-state index < -0.39 is 23.7 Å². The molecule has 0 spiro atoms. The van der Waals surface area contributed by atoms with Gasteiger partial charge in [0.15, 0.2) is 0 Å². The first-order valence-electron chi connectivity index (χ1n) is 8.60. The third-order valence-corrected chi connectivity index (χ3v) is 5.15. The minimum absolute atomic E-state index is 0.151. The first kappa shape index (κ1) is 21.2. The van der Waals surface area contributed by atoms with Gasteiger partial charge in [0.05, 0.1) is 21.2 Å². The molecule has 9 heteroatoms. The average Bonchev–Trinajstić information content (AvgIpc) is 2.66. The van der Waals surface area contributed by atoms with E-state index in [1.165, 1.54) is 18.2 Å². The van der Waals surface area contributed by atoms with Gasteiger partial charge in [0.25, 0.3) is 11.8 Å². The monoisotopic (exact) mass is 524 g/mol. The quantitative estimate of drug-likeness (QED) is 0.449. The van der Waals surface area contributed by atoms with Gasteiger partial charge in [-0.15, -0.1) is 0 Å². The number of anilines is 1. The zero-order chi connectivity index (χ0) is 21.1. The summed E-state index contributed by atoms with van der Waals surface area (Å²) in [5.74, 6) is -1.51. The van der Waals surface area contributed by atoms with Gasteiger partial charge >= 0.3 is 6.03 Å².